The van der Waals surface area contributed by atoms with Crippen LogP contribution >= 0.6 is 15.9 Å². The number of benzene rings is 1. The smallest absolute Gasteiger partial charge is 0.0300 e. The maximum absolute atomic E-state index is 6.36. The summed E-state index contributed by atoms with van der Waals surface area (Å²) in [6.07, 6.45) is 8.13. The monoisotopic (exact) mass is 295 g/mol. The van der Waals surface area contributed by atoms with Crippen molar-refractivity contribution in [1.82, 2.24) is 0 Å². The van der Waals surface area contributed by atoms with Gasteiger partial charge in [0.2, 0.25) is 0 Å². The molecule has 1 unspecified atom stereocenters. The molecule has 17 heavy (non-hydrogen) atoms. The van der Waals surface area contributed by atoms with E-state index in [0.717, 1.165) is 16.8 Å². The van der Waals surface area contributed by atoms with Gasteiger partial charge in [0.15, 0.2) is 0 Å². The van der Waals surface area contributed by atoms with Crippen molar-refractivity contribution in [3.05, 3.63) is 33.8 Å². The normalized spacial score (nSPS) is 19.2. The molecule has 1 atom stereocenters. The summed E-state index contributed by atoms with van der Waals surface area (Å²) in [5.41, 5.74) is 8.99. The Bertz CT molecular complexity index is 369. The van der Waals surface area contributed by atoms with Gasteiger partial charge >= 0.3 is 0 Å². The lowest BCUT2D eigenvalue weighted by Gasteiger charge is -2.25. The second kappa shape index (κ2) is 6.01. The van der Waals surface area contributed by atoms with Crippen LogP contribution in [0.25, 0.3) is 0 Å². The van der Waals surface area contributed by atoms with E-state index in [4.69, 9.17) is 5.73 Å². The zero-order chi connectivity index (χ0) is 12.3. The van der Waals surface area contributed by atoms with Crippen LogP contribution in [-0.4, -0.2) is 0 Å². The summed E-state index contributed by atoms with van der Waals surface area (Å²) in [6.45, 7) is 2.15. The van der Waals surface area contributed by atoms with Gasteiger partial charge in [-0.1, -0.05) is 54.1 Å². The van der Waals surface area contributed by atoms with E-state index in [1.165, 1.54) is 43.2 Å². The van der Waals surface area contributed by atoms with Crippen molar-refractivity contribution >= 4 is 15.9 Å². The highest BCUT2D eigenvalue weighted by atomic mass is 79.9. The quantitative estimate of drug-likeness (QED) is 0.857. The molecule has 0 bridgehead atoms. The van der Waals surface area contributed by atoms with Crippen LogP contribution in [0.15, 0.2) is 22.7 Å². The summed E-state index contributed by atoms with van der Waals surface area (Å²) in [5, 5.41) is 0. The molecule has 0 amide bonds. The predicted molar refractivity (Wildman–Crippen MR) is 77.0 cm³/mol. The van der Waals surface area contributed by atoms with Gasteiger partial charge in [-0.25, -0.2) is 0 Å². The third-order valence-corrected chi connectivity index (χ3v) is 4.44. The summed E-state index contributed by atoms with van der Waals surface area (Å²) in [4.78, 5) is 0. The molecule has 0 radical (unpaired) electrons. The molecule has 1 saturated carbocycles. The van der Waals surface area contributed by atoms with Crippen LogP contribution in [0.3, 0.4) is 0 Å². The van der Waals surface area contributed by atoms with E-state index in [0.29, 0.717) is 0 Å². The highest BCUT2D eigenvalue weighted by molar-refractivity contribution is 9.10. The Morgan fingerprint density at radius 3 is 2.65 bits per heavy atom. The Balaban J connectivity index is 2.00. The van der Waals surface area contributed by atoms with E-state index in [9.17, 15) is 0 Å². The number of aryl methyl sites for hydroxylation is 1. The standard InChI is InChI=1S/C15H22BrN/c1-11-9-13(16)7-8-14(11)15(17)10-12-5-3-2-4-6-12/h7-9,12,15H,2-6,10,17H2,1H3. The third kappa shape index (κ3) is 3.56. The van der Waals surface area contributed by atoms with Gasteiger partial charge in [-0.05, 0) is 42.5 Å². The van der Waals surface area contributed by atoms with Crippen LogP contribution in [-0.2, 0) is 0 Å². The first-order chi connectivity index (χ1) is 8.16. The van der Waals surface area contributed by atoms with Gasteiger partial charge < -0.3 is 5.73 Å². The molecule has 2 rings (SSSR count). The van der Waals surface area contributed by atoms with Gasteiger partial charge in [0.25, 0.3) is 0 Å². The molecule has 94 valence electrons. The molecular weight excluding hydrogens is 274 g/mol. The minimum atomic E-state index is 0.214. The first-order valence-corrected chi connectivity index (χ1v) is 7.48. The van der Waals surface area contributed by atoms with E-state index in [1.807, 2.05) is 0 Å². The topological polar surface area (TPSA) is 26.0 Å². The van der Waals surface area contributed by atoms with E-state index in [-0.39, 0.29) is 6.04 Å². The molecule has 0 heterocycles. The fraction of sp³-hybridized carbons (Fsp3) is 0.600. The Morgan fingerprint density at radius 1 is 1.29 bits per heavy atom. The van der Waals surface area contributed by atoms with Crippen LogP contribution in [0.2, 0.25) is 0 Å². The minimum Gasteiger partial charge on any atom is -0.324 e. The zero-order valence-corrected chi connectivity index (χ0v) is 12.2. The lowest BCUT2D eigenvalue weighted by Crippen LogP contribution is -2.18. The van der Waals surface area contributed by atoms with Crippen LogP contribution < -0.4 is 5.73 Å². The van der Waals surface area contributed by atoms with Gasteiger partial charge in [0.05, 0.1) is 0 Å². The van der Waals surface area contributed by atoms with Crippen molar-refractivity contribution in [3.63, 3.8) is 0 Å². The molecule has 1 aromatic carbocycles. The van der Waals surface area contributed by atoms with E-state index in [1.54, 1.807) is 0 Å². The Morgan fingerprint density at radius 2 is 2.00 bits per heavy atom. The highest BCUT2D eigenvalue weighted by Gasteiger charge is 2.18. The second-order valence-electron chi connectivity index (χ2n) is 5.35. The van der Waals surface area contributed by atoms with Crippen molar-refractivity contribution in [1.29, 1.82) is 0 Å². The van der Waals surface area contributed by atoms with Gasteiger partial charge in [-0.3, -0.25) is 0 Å². The largest absolute Gasteiger partial charge is 0.324 e. The summed E-state index contributed by atoms with van der Waals surface area (Å²) in [6, 6.07) is 6.65. The van der Waals surface area contributed by atoms with E-state index >= 15 is 0 Å². The number of hydrogen-bond acceptors (Lipinski definition) is 1. The molecule has 1 nitrogen and oxygen atoms in total. The Kier molecular flexibility index (Phi) is 4.63. The Hall–Kier alpha value is -0.340. The van der Waals surface area contributed by atoms with E-state index in [2.05, 4.69) is 41.1 Å². The Labute approximate surface area is 113 Å². The lowest BCUT2D eigenvalue weighted by molar-refractivity contribution is 0.319. The fourth-order valence-corrected chi connectivity index (χ4v) is 3.44. The van der Waals surface area contributed by atoms with Crippen LogP contribution in [0.4, 0.5) is 0 Å². The first-order valence-electron chi connectivity index (χ1n) is 6.68. The summed E-state index contributed by atoms with van der Waals surface area (Å²) in [5.74, 6) is 0.849. The molecule has 1 fully saturated rings. The van der Waals surface area contributed by atoms with Crippen molar-refractivity contribution in [2.75, 3.05) is 0 Å². The average Bonchev–Trinajstić information content (AvgIpc) is 2.30. The molecule has 0 aliphatic heterocycles. The molecule has 0 saturated heterocycles. The van der Waals surface area contributed by atoms with Gasteiger partial charge in [-0.15, -0.1) is 0 Å². The zero-order valence-electron chi connectivity index (χ0n) is 10.6. The molecule has 1 aliphatic rings. The first kappa shape index (κ1) is 13.1. The SMILES string of the molecule is Cc1cc(Br)ccc1C(N)CC1CCCCC1. The third-order valence-electron chi connectivity index (χ3n) is 3.94. The second-order valence-corrected chi connectivity index (χ2v) is 6.26. The molecule has 0 spiro atoms. The van der Waals surface area contributed by atoms with Crippen molar-refractivity contribution in [2.24, 2.45) is 11.7 Å². The summed E-state index contributed by atoms with van der Waals surface area (Å²) >= 11 is 3.50. The lowest BCUT2D eigenvalue weighted by atomic mass is 9.83. The van der Waals surface area contributed by atoms with Gasteiger partial charge in [0, 0.05) is 10.5 Å². The average molecular weight is 296 g/mol. The number of hydrogen-bond donors (Lipinski definition) is 1. The summed E-state index contributed by atoms with van der Waals surface area (Å²) < 4.78 is 1.14. The molecule has 1 aliphatic carbocycles. The molecule has 1 aromatic rings. The number of nitrogens with two attached hydrogens (primary N) is 1. The molecule has 2 N–H and O–H groups in total. The maximum Gasteiger partial charge on any atom is 0.0300 e. The molecular formula is C15H22BrN. The minimum absolute atomic E-state index is 0.214. The summed E-state index contributed by atoms with van der Waals surface area (Å²) in [7, 11) is 0. The predicted octanol–water partition coefficient (Wildman–Crippen LogP) is 4.73. The van der Waals surface area contributed by atoms with Crippen molar-refractivity contribution in [2.45, 2.75) is 51.5 Å². The van der Waals surface area contributed by atoms with E-state index < -0.39 is 0 Å². The van der Waals surface area contributed by atoms with Crippen LogP contribution in [0, 0.1) is 12.8 Å². The van der Waals surface area contributed by atoms with Crippen molar-refractivity contribution in [3.8, 4) is 0 Å². The molecule has 2 heteroatoms. The fourth-order valence-electron chi connectivity index (χ4n) is 2.96. The molecule has 0 aromatic heterocycles. The highest BCUT2D eigenvalue weighted by Crippen LogP contribution is 2.32. The number of halogens is 1. The van der Waals surface area contributed by atoms with Gasteiger partial charge in [-0.2, -0.15) is 0 Å². The van der Waals surface area contributed by atoms with Crippen LogP contribution in [0.5, 0.6) is 0 Å². The van der Waals surface area contributed by atoms with Crippen molar-refractivity contribution < 1.29 is 0 Å². The maximum atomic E-state index is 6.36. The van der Waals surface area contributed by atoms with Gasteiger partial charge in [0.1, 0.15) is 0 Å². The number of rotatable bonds is 3. The van der Waals surface area contributed by atoms with Crippen LogP contribution in [0.1, 0.15) is 55.7 Å².